The number of ether oxygens (including phenoxy) is 2. The van der Waals surface area contributed by atoms with Crippen molar-refractivity contribution in [3.8, 4) is 5.75 Å². The molecule has 0 aliphatic carbocycles. The largest absolute Gasteiger partial charge is 0.493 e. The fourth-order valence-electron chi connectivity index (χ4n) is 2.20. The van der Waals surface area contributed by atoms with Gasteiger partial charge >= 0.3 is 0 Å². The number of hydrogen-bond acceptors (Lipinski definition) is 3. The zero-order valence-corrected chi connectivity index (χ0v) is 10.9. The molecule has 1 saturated heterocycles. The minimum atomic E-state index is 0.180. The van der Waals surface area contributed by atoms with E-state index < -0.39 is 0 Å². The third-order valence-electron chi connectivity index (χ3n) is 3.28. The Kier molecular flexibility index (Phi) is 4.76. The summed E-state index contributed by atoms with van der Waals surface area (Å²) in [5, 5.41) is 0. The van der Waals surface area contributed by atoms with E-state index in [0.717, 1.165) is 31.8 Å². The van der Waals surface area contributed by atoms with E-state index in [1.807, 2.05) is 31.2 Å². The van der Waals surface area contributed by atoms with Crippen LogP contribution in [0.4, 0.5) is 0 Å². The second-order valence-electron chi connectivity index (χ2n) is 4.77. The lowest BCUT2D eigenvalue weighted by Gasteiger charge is -2.20. The molecule has 0 amide bonds. The van der Waals surface area contributed by atoms with Crippen molar-refractivity contribution in [1.82, 2.24) is 0 Å². The minimum absolute atomic E-state index is 0.180. The first-order valence-corrected chi connectivity index (χ1v) is 6.55. The van der Waals surface area contributed by atoms with Gasteiger partial charge in [0.2, 0.25) is 0 Å². The zero-order chi connectivity index (χ0) is 12.8. The fourth-order valence-corrected chi connectivity index (χ4v) is 2.20. The van der Waals surface area contributed by atoms with E-state index in [-0.39, 0.29) is 5.92 Å². The molecule has 98 valence electrons. The molecule has 0 radical (unpaired) electrons. The number of aryl methyl sites for hydroxylation is 1. The molecule has 0 saturated carbocycles. The summed E-state index contributed by atoms with van der Waals surface area (Å²) in [4.78, 5) is 11.9. The molecule has 18 heavy (non-hydrogen) atoms. The van der Waals surface area contributed by atoms with Crippen molar-refractivity contribution < 1.29 is 14.3 Å². The topological polar surface area (TPSA) is 35.5 Å². The molecular formula is C15H20O3. The minimum Gasteiger partial charge on any atom is -0.493 e. The van der Waals surface area contributed by atoms with Crippen molar-refractivity contribution in [3.63, 3.8) is 0 Å². The molecule has 0 N–H and O–H groups in total. The summed E-state index contributed by atoms with van der Waals surface area (Å²) in [5.41, 5.74) is 1.17. The predicted octanol–water partition coefficient (Wildman–Crippen LogP) is 2.76. The number of ketones is 1. The average molecular weight is 248 g/mol. The summed E-state index contributed by atoms with van der Waals surface area (Å²) in [5.74, 6) is 1.33. The third-order valence-corrected chi connectivity index (χ3v) is 3.28. The SMILES string of the molecule is Cc1cccc(OCCC(=O)C2CCOCC2)c1. The number of Topliss-reactive ketones (excluding diaryl/α,β-unsaturated/α-hetero) is 1. The highest BCUT2D eigenvalue weighted by Gasteiger charge is 2.20. The van der Waals surface area contributed by atoms with E-state index in [9.17, 15) is 4.79 Å². The van der Waals surface area contributed by atoms with Gasteiger partial charge in [-0.15, -0.1) is 0 Å². The molecule has 1 aliphatic rings. The molecule has 0 aromatic heterocycles. The number of rotatable bonds is 5. The number of hydrogen-bond donors (Lipinski definition) is 0. The maximum absolute atomic E-state index is 11.9. The number of carbonyl (C=O) groups excluding carboxylic acids is 1. The van der Waals surface area contributed by atoms with Gasteiger partial charge in [0, 0.05) is 25.6 Å². The monoisotopic (exact) mass is 248 g/mol. The molecule has 0 atom stereocenters. The Hall–Kier alpha value is -1.35. The molecule has 0 unspecified atom stereocenters. The van der Waals surface area contributed by atoms with Crippen molar-refractivity contribution in [2.45, 2.75) is 26.2 Å². The highest BCUT2D eigenvalue weighted by Crippen LogP contribution is 2.18. The van der Waals surface area contributed by atoms with Crippen LogP contribution in [0.2, 0.25) is 0 Å². The lowest BCUT2D eigenvalue weighted by atomic mass is 9.94. The Morgan fingerprint density at radius 3 is 2.89 bits per heavy atom. The van der Waals surface area contributed by atoms with E-state index in [4.69, 9.17) is 9.47 Å². The highest BCUT2D eigenvalue weighted by molar-refractivity contribution is 5.81. The Morgan fingerprint density at radius 2 is 2.17 bits per heavy atom. The first-order valence-electron chi connectivity index (χ1n) is 6.55. The van der Waals surface area contributed by atoms with Crippen LogP contribution in [0, 0.1) is 12.8 Å². The zero-order valence-electron chi connectivity index (χ0n) is 10.9. The van der Waals surface area contributed by atoms with Gasteiger partial charge in [-0.25, -0.2) is 0 Å². The molecule has 1 aliphatic heterocycles. The van der Waals surface area contributed by atoms with Crippen molar-refractivity contribution in [2.75, 3.05) is 19.8 Å². The Labute approximate surface area is 108 Å². The second kappa shape index (κ2) is 6.55. The molecule has 0 spiro atoms. The first-order chi connectivity index (χ1) is 8.75. The van der Waals surface area contributed by atoms with Crippen LogP contribution in [-0.4, -0.2) is 25.6 Å². The van der Waals surface area contributed by atoms with Gasteiger partial charge in [0.05, 0.1) is 6.61 Å². The van der Waals surface area contributed by atoms with Crippen LogP contribution in [0.25, 0.3) is 0 Å². The summed E-state index contributed by atoms with van der Waals surface area (Å²) >= 11 is 0. The van der Waals surface area contributed by atoms with Crippen LogP contribution in [0.1, 0.15) is 24.8 Å². The number of carbonyl (C=O) groups is 1. The van der Waals surface area contributed by atoms with E-state index in [2.05, 4.69) is 0 Å². The molecule has 3 nitrogen and oxygen atoms in total. The molecule has 2 rings (SSSR count). The van der Waals surface area contributed by atoms with Gasteiger partial charge in [-0.2, -0.15) is 0 Å². The number of benzene rings is 1. The Bertz CT molecular complexity index is 394. The lowest BCUT2D eigenvalue weighted by molar-refractivity contribution is -0.126. The fraction of sp³-hybridized carbons (Fsp3) is 0.533. The molecule has 1 aromatic carbocycles. The molecule has 1 heterocycles. The van der Waals surface area contributed by atoms with Crippen molar-refractivity contribution in [1.29, 1.82) is 0 Å². The van der Waals surface area contributed by atoms with Gasteiger partial charge in [0.1, 0.15) is 11.5 Å². The standard InChI is InChI=1S/C15H20O3/c1-12-3-2-4-14(11-12)18-10-7-15(16)13-5-8-17-9-6-13/h2-4,11,13H,5-10H2,1H3. The van der Waals surface area contributed by atoms with E-state index in [1.54, 1.807) is 0 Å². The third kappa shape index (κ3) is 3.84. The summed E-state index contributed by atoms with van der Waals surface area (Å²) in [6.07, 6.45) is 2.23. The van der Waals surface area contributed by atoms with Gasteiger partial charge in [0.15, 0.2) is 0 Å². The quantitative estimate of drug-likeness (QED) is 0.803. The summed E-state index contributed by atoms with van der Waals surface area (Å²) in [7, 11) is 0. The van der Waals surface area contributed by atoms with Gasteiger partial charge in [-0.05, 0) is 37.5 Å². The predicted molar refractivity (Wildman–Crippen MR) is 69.8 cm³/mol. The van der Waals surface area contributed by atoms with E-state index >= 15 is 0 Å². The van der Waals surface area contributed by atoms with Crippen LogP contribution in [-0.2, 0) is 9.53 Å². The second-order valence-corrected chi connectivity index (χ2v) is 4.77. The molecule has 1 aromatic rings. The van der Waals surface area contributed by atoms with Crippen molar-refractivity contribution in [2.24, 2.45) is 5.92 Å². The van der Waals surface area contributed by atoms with Crippen molar-refractivity contribution in [3.05, 3.63) is 29.8 Å². The smallest absolute Gasteiger partial charge is 0.139 e. The highest BCUT2D eigenvalue weighted by atomic mass is 16.5. The van der Waals surface area contributed by atoms with E-state index in [0.29, 0.717) is 18.8 Å². The van der Waals surface area contributed by atoms with Crippen LogP contribution in [0.5, 0.6) is 5.75 Å². The lowest BCUT2D eigenvalue weighted by Crippen LogP contribution is -2.24. The van der Waals surface area contributed by atoms with Gasteiger partial charge < -0.3 is 9.47 Å². The maximum atomic E-state index is 11.9. The summed E-state index contributed by atoms with van der Waals surface area (Å²) in [6, 6.07) is 7.90. The van der Waals surface area contributed by atoms with Crippen LogP contribution in [0.3, 0.4) is 0 Å². The van der Waals surface area contributed by atoms with Crippen LogP contribution >= 0.6 is 0 Å². The Balaban J connectivity index is 1.73. The first kappa shape index (κ1) is 13.1. The van der Waals surface area contributed by atoms with Crippen molar-refractivity contribution >= 4 is 5.78 Å². The van der Waals surface area contributed by atoms with Gasteiger partial charge in [-0.3, -0.25) is 4.79 Å². The molecule has 3 heteroatoms. The molecule has 0 bridgehead atoms. The van der Waals surface area contributed by atoms with Crippen LogP contribution in [0.15, 0.2) is 24.3 Å². The van der Waals surface area contributed by atoms with Gasteiger partial charge in [-0.1, -0.05) is 12.1 Å². The van der Waals surface area contributed by atoms with E-state index in [1.165, 1.54) is 5.56 Å². The summed E-state index contributed by atoms with van der Waals surface area (Å²) < 4.78 is 10.8. The normalized spacial score (nSPS) is 16.5. The van der Waals surface area contributed by atoms with Crippen LogP contribution < -0.4 is 4.74 Å². The molecular weight excluding hydrogens is 228 g/mol. The molecule has 1 fully saturated rings. The van der Waals surface area contributed by atoms with Gasteiger partial charge in [0.25, 0.3) is 0 Å². The Morgan fingerprint density at radius 1 is 1.39 bits per heavy atom. The average Bonchev–Trinajstić information content (AvgIpc) is 2.40. The summed E-state index contributed by atoms with van der Waals surface area (Å²) in [6.45, 7) is 3.93. The maximum Gasteiger partial charge on any atom is 0.139 e.